The van der Waals surface area contributed by atoms with Gasteiger partial charge < -0.3 is 4.90 Å². The maximum atomic E-state index is 3.42. The predicted octanol–water partition coefficient (Wildman–Crippen LogP) is -0.283. The second-order valence-electron chi connectivity index (χ2n) is 4.20. The van der Waals surface area contributed by atoms with Crippen LogP contribution in [0.3, 0.4) is 0 Å². The van der Waals surface area contributed by atoms with Crippen molar-refractivity contribution in [3.05, 3.63) is 0 Å². The van der Waals surface area contributed by atoms with Crippen molar-refractivity contribution in [3.63, 3.8) is 0 Å². The van der Waals surface area contributed by atoms with Crippen molar-refractivity contribution in [2.75, 3.05) is 55.4 Å². The van der Waals surface area contributed by atoms with Crippen LogP contribution >= 0.6 is 0 Å². The van der Waals surface area contributed by atoms with Crippen molar-refractivity contribution in [2.45, 2.75) is 6.42 Å². The minimum absolute atomic E-state index is 1.02. The van der Waals surface area contributed by atoms with Gasteiger partial charge in [-0.1, -0.05) is 0 Å². The number of nitrogens with one attached hydrogen (secondary N) is 1. The average Bonchev–Trinajstić information content (AvgIpc) is 2.01. The largest absolute Gasteiger partial charge is 0.347 e. The normalized spacial score (nSPS) is 10.2. The summed E-state index contributed by atoms with van der Waals surface area (Å²) in [5.74, 6) is 1.16. The molecule has 0 bridgehead atoms. The summed E-state index contributed by atoms with van der Waals surface area (Å²) in [7, 11) is 12.4. The Bertz CT molecular complexity index is 181. The van der Waals surface area contributed by atoms with E-state index in [4.69, 9.17) is 0 Å². The highest BCUT2D eigenvalue weighted by Crippen LogP contribution is 1.83. The Morgan fingerprint density at radius 1 is 1.14 bits per heavy atom. The average molecular weight is 201 g/mol. The molecule has 0 fully saturated rings. The van der Waals surface area contributed by atoms with Crippen LogP contribution in [0.2, 0.25) is 0 Å². The van der Waals surface area contributed by atoms with Gasteiger partial charge in [-0.05, 0) is 20.5 Å². The number of nitrogens with zero attached hydrogens (tertiary/aromatic N) is 3. The van der Waals surface area contributed by atoms with Crippen molar-refractivity contribution in [1.29, 1.82) is 0 Å². The fourth-order valence-electron chi connectivity index (χ4n) is 1.31. The number of hydrogen-bond donors (Lipinski definition) is 1. The van der Waals surface area contributed by atoms with Crippen LogP contribution in [-0.4, -0.2) is 75.7 Å². The lowest BCUT2D eigenvalue weighted by atomic mass is 10.4. The molecule has 0 aromatic rings. The van der Waals surface area contributed by atoms with Gasteiger partial charge in [0.15, 0.2) is 0 Å². The standard InChI is InChI=1S/C10H24N4/c1-12(2)9-7-8-11-10(13(3)4)14(5)6/h7-9H2,1-6H3/p+1. The number of hydrogen-bond acceptors (Lipinski definition) is 1. The van der Waals surface area contributed by atoms with Crippen LogP contribution in [0.1, 0.15) is 6.42 Å². The lowest BCUT2D eigenvalue weighted by Crippen LogP contribution is -2.42. The van der Waals surface area contributed by atoms with Gasteiger partial charge in [0.05, 0.1) is 34.7 Å². The predicted molar refractivity (Wildman–Crippen MR) is 62.0 cm³/mol. The van der Waals surface area contributed by atoms with Crippen LogP contribution < -0.4 is 5.32 Å². The Labute approximate surface area is 88.2 Å². The first-order chi connectivity index (χ1) is 6.45. The molecule has 0 radical (unpaired) electrons. The third kappa shape index (κ3) is 5.80. The molecule has 0 aliphatic rings. The third-order valence-electron chi connectivity index (χ3n) is 1.91. The highest BCUT2D eigenvalue weighted by atomic mass is 15.3. The molecular weight excluding hydrogens is 176 g/mol. The summed E-state index contributed by atoms with van der Waals surface area (Å²) in [5.41, 5.74) is 0. The molecule has 0 aliphatic heterocycles. The van der Waals surface area contributed by atoms with Gasteiger partial charge in [-0.25, -0.2) is 0 Å². The molecule has 0 aliphatic carbocycles. The first kappa shape index (κ1) is 13.2. The molecule has 0 saturated carbocycles. The molecule has 4 heteroatoms. The van der Waals surface area contributed by atoms with E-state index in [0.717, 1.165) is 25.5 Å². The Hall–Kier alpha value is -0.770. The molecule has 0 heterocycles. The lowest BCUT2D eigenvalue weighted by molar-refractivity contribution is -0.472. The summed E-state index contributed by atoms with van der Waals surface area (Å²) >= 11 is 0. The minimum atomic E-state index is 1.02. The van der Waals surface area contributed by atoms with Gasteiger partial charge >= 0.3 is 5.96 Å². The van der Waals surface area contributed by atoms with E-state index >= 15 is 0 Å². The zero-order chi connectivity index (χ0) is 11.1. The summed E-state index contributed by atoms with van der Waals surface area (Å²) < 4.78 is 2.09. The van der Waals surface area contributed by atoms with Crippen LogP contribution in [0.4, 0.5) is 0 Å². The fraction of sp³-hybridized carbons (Fsp3) is 0.900. The molecule has 0 amide bonds. The Morgan fingerprint density at radius 3 is 2.07 bits per heavy atom. The minimum Gasteiger partial charge on any atom is -0.309 e. The highest BCUT2D eigenvalue weighted by Gasteiger charge is 2.09. The van der Waals surface area contributed by atoms with E-state index in [1.165, 1.54) is 0 Å². The van der Waals surface area contributed by atoms with Crippen LogP contribution in [0, 0.1) is 0 Å². The van der Waals surface area contributed by atoms with Crippen molar-refractivity contribution >= 4 is 5.96 Å². The van der Waals surface area contributed by atoms with Crippen molar-refractivity contribution in [2.24, 2.45) is 0 Å². The summed E-state index contributed by atoms with van der Waals surface area (Å²) in [5, 5.41) is 3.42. The fourth-order valence-corrected chi connectivity index (χ4v) is 1.31. The Morgan fingerprint density at radius 2 is 1.71 bits per heavy atom. The van der Waals surface area contributed by atoms with E-state index in [1.54, 1.807) is 0 Å². The molecule has 0 atom stereocenters. The first-order valence-corrected chi connectivity index (χ1v) is 5.05. The molecule has 0 unspecified atom stereocenters. The maximum absolute atomic E-state index is 3.42. The van der Waals surface area contributed by atoms with E-state index in [9.17, 15) is 0 Å². The zero-order valence-electron chi connectivity index (χ0n) is 10.5. The van der Waals surface area contributed by atoms with Gasteiger partial charge in [0.25, 0.3) is 0 Å². The van der Waals surface area contributed by atoms with E-state index < -0.39 is 0 Å². The number of rotatable bonds is 4. The zero-order valence-corrected chi connectivity index (χ0v) is 10.5. The van der Waals surface area contributed by atoms with Crippen LogP contribution in [0.25, 0.3) is 0 Å². The highest BCUT2D eigenvalue weighted by molar-refractivity contribution is 5.74. The monoisotopic (exact) mass is 201 g/mol. The van der Waals surface area contributed by atoms with Crippen molar-refractivity contribution in [1.82, 2.24) is 15.1 Å². The SMILES string of the molecule is CN(C)CCCNC(N(C)C)=[N+](C)C. The van der Waals surface area contributed by atoms with Crippen LogP contribution in [-0.2, 0) is 0 Å². The molecule has 4 nitrogen and oxygen atoms in total. The van der Waals surface area contributed by atoms with Gasteiger partial charge in [0.1, 0.15) is 0 Å². The van der Waals surface area contributed by atoms with Crippen LogP contribution in [0.15, 0.2) is 0 Å². The summed E-state index contributed by atoms with van der Waals surface area (Å²) in [6.45, 7) is 2.14. The van der Waals surface area contributed by atoms with Crippen molar-refractivity contribution < 1.29 is 4.58 Å². The molecule has 84 valence electrons. The molecule has 0 aromatic heterocycles. The molecule has 0 rings (SSSR count). The Balaban J connectivity index is 3.81. The lowest BCUT2D eigenvalue weighted by Gasteiger charge is -2.13. The Kier molecular flexibility index (Phi) is 6.28. The van der Waals surface area contributed by atoms with Gasteiger partial charge in [0.2, 0.25) is 0 Å². The van der Waals surface area contributed by atoms with Gasteiger partial charge in [-0.15, -0.1) is 0 Å². The van der Waals surface area contributed by atoms with E-state index in [2.05, 4.69) is 33.8 Å². The quantitative estimate of drug-likeness (QED) is 0.292. The maximum Gasteiger partial charge on any atom is 0.347 e. The summed E-state index contributed by atoms with van der Waals surface area (Å²) in [6, 6.07) is 0. The smallest absolute Gasteiger partial charge is 0.309 e. The second kappa shape index (κ2) is 6.65. The third-order valence-corrected chi connectivity index (χ3v) is 1.91. The van der Waals surface area contributed by atoms with Gasteiger partial charge in [-0.2, -0.15) is 0 Å². The molecule has 14 heavy (non-hydrogen) atoms. The topological polar surface area (TPSA) is 21.5 Å². The molecule has 0 spiro atoms. The van der Waals surface area contributed by atoms with E-state index in [1.807, 2.05) is 28.2 Å². The summed E-state index contributed by atoms with van der Waals surface area (Å²) in [4.78, 5) is 4.29. The van der Waals surface area contributed by atoms with Gasteiger partial charge in [-0.3, -0.25) is 14.8 Å². The second-order valence-corrected chi connectivity index (χ2v) is 4.20. The van der Waals surface area contributed by atoms with E-state index in [0.29, 0.717) is 0 Å². The van der Waals surface area contributed by atoms with Crippen LogP contribution in [0.5, 0.6) is 0 Å². The first-order valence-electron chi connectivity index (χ1n) is 5.05. The van der Waals surface area contributed by atoms with E-state index in [-0.39, 0.29) is 0 Å². The molecule has 1 N–H and O–H groups in total. The molecule has 0 saturated heterocycles. The van der Waals surface area contributed by atoms with Crippen molar-refractivity contribution in [3.8, 4) is 0 Å². The molecule has 0 aromatic carbocycles. The summed E-state index contributed by atoms with van der Waals surface area (Å²) in [6.07, 6.45) is 1.16. The molecular formula is C10H25N4+. The van der Waals surface area contributed by atoms with Gasteiger partial charge in [0, 0.05) is 6.54 Å². The number of guanidine groups is 1.